The van der Waals surface area contributed by atoms with Crippen LogP contribution in [0.4, 0.5) is 0 Å². The van der Waals surface area contributed by atoms with Gasteiger partial charge in [0.2, 0.25) is 0 Å². The van der Waals surface area contributed by atoms with Crippen molar-refractivity contribution < 1.29 is 19.2 Å². The van der Waals surface area contributed by atoms with Crippen LogP contribution >= 0.6 is 0 Å². The molecule has 102 valence electrons. The van der Waals surface area contributed by atoms with E-state index >= 15 is 0 Å². The molecule has 4 amide bonds. The molecule has 0 N–H and O–H groups in total. The lowest BCUT2D eigenvalue weighted by molar-refractivity contribution is -0.141. The second kappa shape index (κ2) is 4.00. The standard InChI is InChI=1S/C14H12N2O4/c1-3-16-11(17)7-4-8(12(16)18)6-10-9(5-7)13(19)15(2)14(10)20/h5-6H,3-4H2,1-2H3. The molecule has 0 spiro atoms. The minimum atomic E-state index is -0.440. The van der Waals surface area contributed by atoms with Gasteiger partial charge in [-0.3, -0.25) is 29.0 Å². The lowest BCUT2D eigenvalue weighted by atomic mass is 9.97. The number of hydrogen-bond acceptors (Lipinski definition) is 4. The normalized spacial score (nSPS) is 22.1. The minimum absolute atomic E-state index is 0.172. The molecule has 6 heteroatoms. The molecule has 1 fully saturated rings. The Morgan fingerprint density at radius 1 is 0.900 bits per heavy atom. The van der Waals surface area contributed by atoms with E-state index in [1.165, 1.54) is 19.2 Å². The predicted molar refractivity (Wildman–Crippen MR) is 68.0 cm³/mol. The molecule has 2 heterocycles. The number of likely N-dealkylation sites (tertiary alicyclic amines) is 1. The number of piperidine rings is 1. The third-order valence-corrected chi connectivity index (χ3v) is 3.73. The van der Waals surface area contributed by atoms with Crippen molar-refractivity contribution in [1.82, 2.24) is 9.80 Å². The molecule has 6 nitrogen and oxygen atoms in total. The topological polar surface area (TPSA) is 74.8 Å². The van der Waals surface area contributed by atoms with Gasteiger partial charge in [-0.25, -0.2) is 0 Å². The van der Waals surface area contributed by atoms with E-state index in [1.54, 1.807) is 6.92 Å². The van der Waals surface area contributed by atoms with Gasteiger partial charge in [-0.05, 0) is 19.1 Å². The molecular formula is C14H12N2O4. The van der Waals surface area contributed by atoms with E-state index in [2.05, 4.69) is 0 Å². The van der Waals surface area contributed by atoms with Gasteiger partial charge in [-0.2, -0.15) is 0 Å². The Labute approximate surface area is 115 Å². The molecular weight excluding hydrogens is 260 g/mol. The van der Waals surface area contributed by atoms with E-state index in [0.29, 0.717) is 11.1 Å². The summed E-state index contributed by atoms with van der Waals surface area (Å²) in [6, 6.07) is 0. The first-order valence-corrected chi connectivity index (χ1v) is 6.29. The Bertz CT molecular complexity index is 627. The monoisotopic (exact) mass is 272 g/mol. The highest BCUT2D eigenvalue weighted by Gasteiger charge is 2.40. The summed E-state index contributed by atoms with van der Waals surface area (Å²) in [7, 11) is 1.38. The number of carbonyl (C=O) groups excluding carboxylic acids is 4. The summed E-state index contributed by atoms with van der Waals surface area (Å²) < 4.78 is 0. The van der Waals surface area contributed by atoms with Gasteiger partial charge < -0.3 is 0 Å². The average Bonchev–Trinajstić information content (AvgIpc) is 2.61. The number of amides is 4. The van der Waals surface area contributed by atoms with E-state index in [4.69, 9.17) is 0 Å². The van der Waals surface area contributed by atoms with Gasteiger partial charge in [-0.15, -0.1) is 0 Å². The van der Waals surface area contributed by atoms with Crippen molar-refractivity contribution in [3.05, 3.63) is 34.4 Å². The molecule has 0 aromatic rings. The summed E-state index contributed by atoms with van der Waals surface area (Å²) in [4.78, 5) is 50.4. The number of imide groups is 2. The van der Waals surface area contributed by atoms with Crippen LogP contribution in [0.2, 0.25) is 0 Å². The Hall–Kier alpha value is -2.50. The zero-order valence-electron chi connectivity index (χ0n) is 11.1. The number of likely N-dealkylation sites (N-methyl/N-ethyl adjacent to an activating group) is 2. The van der Waals surface area contributed by atoms with E-state index in [0.717, 1.165) is 9.80 Å². The SMILES string of the molecule is CCN1C(=O)C2=CC3=C(C=C(C2)C1=O)C(=O)N(C)C3=O. The average molecular weight is 272 g/mol. The maximum absolute atomic E-state index is 12.2. The summed E-state index contributed by atoms with van der Waals surface area (Å²) in [6.07, 6.45) is 3.06. The molecule has 0 radical (unpaired) electrons. The number of fused-ring (bicyclic) bond motifs is 2. The first kappa shape index (κ1) is 12.5. The summed E-state index contributed by atoms with van der Waals surface area (Å²) >= 11 is 0. The summed E-state index contributed by atoms with van der Waals surface area (Å²) in [6.45, 7) is 1.97. The van der Waals surface area contributed by atoms with Crippen LogP contribution in [0.15, 0.2) is 34.4 Å². The lowest BCUT2D eigenvalue weighted by Gasteiger charge is -2.27. The van der Waals surface area contributed by atoms with Crippen molar-refractivity contribution in [3.8, 4) is 0 Å². The predicted octanol–water partition coefficient (Wildman–Crippen LogP) is -0.0732. The third kappa shape index (κ3) is 1.44. The Morgan fingerprint density at radius 2 is 1.35 bits per heavy atom. The van der Waals surface area contributed by atoms with E-state index in [-0.39, 0.29) is 24.1 Å². The van der Waals surface area contributed by atoms with Gasteiger partial charge in [0.1, 0.15) is 0 Å². The summed E-state index contributed by atoms with van der Waals surface area (Å²) in [5.74, 6) is -1.66. The molecule has 0 saturated carbocycles. The van der Waals surface area contributed by atoms with Gasteiger partial charge in [-0.1, -0.05) is 0 Å². The van der Waals surface area contributed by atoms with Gasteiger partial charge in [0.05, 0.1) is 11.1 Å². The number of nitrogens with zero attached hydrogens (tertiary/aromatic N) is 2. The minimum Gasteiger partial charge on any atom is -0.277 e. The quantitative estimate of drug-likeness (QED) is 0.626. The van der Waals surface area contributed by atoms with E-state index in [9.17, 15) is 19.2 Å². The van der Waals surface area contributed by atoms with E-state index in [1.807, 2.05) is 0 Å². The van der Waals surface area contributed by atoms with Crippen LogP contribution in [0.3, 0.4) is 0 Å². The fourth-order valence-electron chi connectivity index (χ4n) is 2.62. The lowest BCUT2D eigenvalue weighted by Crippen LogP contribution is -2.42. The molecule has 0 atom stereocenters. The third-order valence-electron chi connectivity index (χ3n) is 3.73. The van der Waals surface area contributed by atoms with Gasteiger partial charge in [0.15, 0.2) is 0 Å². The zero-order valence-corrected chi connectivity index (χ0v) is 11.1. The highest BCUT2D eigenvalue weighted by atomic mass is 16.2. The molecule has 3 rings (SSSR count). The number of carbonyl (C=O) groups is 4. The molecule has 0 unspecified atom stereocenters. The molecule has 0 aromatic carbocycles. The van der Waals surface area contributed by atoms with Crippen molar-refractivity contribution in [1.29, 1.82) is 0 Å². The molecule has 3 aliphatic rings. The number of rotatable bonds is 1. The molecule has 0 aromatic heterocycles. The molecule has 1 saturated heterocycles. The van der Waals surface area contributed by atoms with Crippen LogP contribution in [0, 0.1) is 0 Å². The molecule has 20 heavy (non-hydrogen) atoms. The molecule has 2 bridgehead atoms. The van der Waals surface area contributed by atoms with Crippen LogP contribution in [-0.4, -0.2) is 47.0 Å². The second-order valence-corrected chi connectivity index (χ2v) is 4.87. The van der Waals surface area contributed by atoms with Crippen LogP contribution < -0.4 is 0 Å². The highest BCUT2D eigenvalue weighted by Crippen LogP contribution is 2.33. The first-order valence-electron chi connectivity index (χ1n) is 6.29. The highest BCUT2D eigenvalue weighted by molar-refractivity contribution is 6.25. The summed E-state index contributed by atoms with van der Waals surface area (Å²) in [5, 5.41) is 0. The van der Waals surface area contributed by atoms with Gasteiger partial charge >= 0.3 is 0 Å². The van der Waals surface area contributed by atoms with Crippen molar-refractivity contribution in [2.45, 2.75) is 13.3 Å². The van der Waals surface area contributed by atoms with Crippen LogP contribution in [0.25, 0.3) is 0 Å². The molecule has 1 aliphatic carbocycles. The van der Waals surface area contributed by atoms with Crippen molar-refractivity contribution in [2.24, 2.45) is 0 Å². The van der Waals surface area contributed by atoms with Crippen molar-refractivity contribution in [3.63, 3.8) is 0 Å². The largest absolute Gasteiger partial charge is 0.277 e. The Morgan fingerprint density at radius 3 is 1.75 bits per heavy atom. The fourth-order valence-corrected chi connectivity index (χ4v) is 2.62. The fraction of sp³-hybridized carbons (Fsp3) is 0.286. The van der Waals surface area contributed by atoms with Crippen molar-refractivity contribution >= 4 is 23.6 Å². The molecule has 2 aliphatic heterocycles. The second-order valence-electron chi connectivity index (χ2n) is 4.87. The van der Waals surface area contributed by atoms with Crippen LogP contribution in [0.5, 0.6) is 0 Å². The van der Waals surface area contributed by atoms with E-state index < -0.39 is 23.6 Å². The Balaban J connectivity index is 2.21. The van der Waals surface area contributed by atoms with Crippen LogP contribution in [0.1, 0.15) is 13.3 Å². The first-order chi connectivity index (χ1) is 9.45. The van der Waals surface area contributed by atoms with Crippen molar-refractivity contribution in [2.75, 3.05) is 13.6 Å². The maximum Gasteiger partial charge on any atom is 0.261 e. The maximum atomic E-state index is 12.2. The Kier molecular flexibility index (Phi) is 2.50. The van der Waals surface area contributed by atoms with Crippen LogP contribution in [-0.2, 0) is 19.2 Å². The van der Waals surface area contributed by atoms with Gasteiger partial charge in [0, 0.05) is 31.2 Å². The van der Waals surface area contributed by atoms with Gasteiger partial charge in [0.25, 0.3) is 23.6 Å². The number of hydrogen-bond donors (Lipinski definition) is 0. The smallest absolute Gasteiger partial charge is 0.261 e. The zero-order chi connectivity index (χ0) is 14.6. The summed E-state index contributed by atoms with van der Waals surface area (Å²) in [5.41, 5.74) is 1.14.